The average molecular weight is 188 g/mol. The Hall–Kier alpha value is -2.17. The highest BCUT2D eigenvalue weighted by Crippen LogP contribution is 2.15. The minimum atomic E-state index is -0.231. The molecule has 0 aliphatic carbocycles. The van der Waals surface area contributed by atoms with Gasteiger partial charge in [0.05, 0.1) is 17.6 Å². The van der Waals surface area contributed by atoms with Crippen LogP contribution in [0, 0.1) is 0 Å². The van der Waals surface area contributed by atoms with E-state index in [1.807, 2.05) is 0 Å². The summed E-state index contributed by atoms with van der Waals surface area (Å²) in [5.41, 5.74) is 7.32. The molecule has 0 saturated carbocycles. The van der Waals surface area contributed by atoms with Crippen LogP contribution >= 0.6 is 0 Å². The van der Waals surface area contributed by atoms with Crippen LogP contribution in [0.5, 0.6) is 0 Å². The first-order chi connectivity index (χ1) is 6.75. The molecule has 5 heteroatoms. The third-order valence-electron chi connectivity index (χ3n) is 1.73. The van der Waals surface area contributed by atoms with Gasteiger partial charge in [0.1, 0.15) is 0 Å². The van der Waals surface area contributed by atoms with Gasteiger partial charge in [-0.05, 0) is 6.07 Å². The van der Waals surface area contributed by atoms with Crippen molar-refractivity contribution in [3.63, 3.8) is 0 Å². The Morgan fingerprint density at radius 2 is 2.14 bits per heavy atom. The number of hydrogen-bond donors (Lipinski definition) is 2. The van der Waals surface area contributed by atoms with Crippen LogP contribution in [0.1, 0.15) is 0 Å². The highest BCUT2D eigenvalue weighted by atomic mass is 16.1. The Bertz CT molecular complexity index is 486. The maximum atomic E-state index is 10.8. The van der Waals surface area contributed by atoms with Gasteiger partial charge in [-0.25, -0.2) is 4.98 Å². The molecule has 0 atom stereocenters. The number of nitrogens with one attached hydrogen (secondary N) is 1. The lowest BCUT2D eigenvalue weighted by atomic mass is 10.2. The first-order valence-corrected chi connectivity index (χ1v) is 4.01. The molecule has 0 spiro atoms. The predicted molar refractivity (Wildman–Crippen MR) is 52.5 cm³/mol. The van der Waals surface area contributed by atoms with Crippen molar-refractivity contribution in [2.75, 3.05) is 5.73 Å². The van der Waals surface area contributed by atoms with E-state index >= 15 is 0 Å². The minimum absolute atomic E-state index is 0.231. The zero-order valence-electron chi connectivity index (χ0n) is 7.27. The van der Waals surface area contributed by atoms with Gasteiger partial charge in [-0.3, -0.25) is 9.78 Å². The second-order valence-electron chi connectivity index (χ2n) is 2.80. The molecule has 2 rings (SSSR count). The fourth-order valence-electron chi connectivity index (χ4n) is 1.10. The number of anilines is 1. The van der Waals surface area contributed by atoms with Gasteiger partial charge in [0.2, 0.25) is 0 Å². The molecule has 70 valence electrons. The summed E-state index contributed by atoms with van der Waals surface area (Å²) >= 11 is 0. The Morgan fingerprint density at radius 1 is 1.29 bits per heavy atom. The topological polar surface area (TPSA) is 84.7 Å². The van der Waals surface area contributed by atoms with Crippen molar-refractivity contribution < 1.29 is 0 Å². The smallest absolute Gasteiger partial charge is 0.266 e. The zero-order valence-corrected chi connectivity index (χ0v) is 7.27. The third-order valence-corrected chi connectivity index (χ3v) is 1.73. The molecule has 2 aromatic rings. The van der Waals surface area contributed by atoms with E-state index in [-0.39, 0.29) is 5.56 Å². The molecule has 3 N–H and O–H groups in total. The van der Waals surface area contributed by atoms with Gasteiger partial charge in [-0.15, -0.1) is 0 Å². The van der Waals surface area contributed by atoms with E-state index in [4.69, 9.17) is 5.73 Å². The van der Waals surface area contributed by atoms with Crippen LogP contribution in [0.15, 0.2) is 35.6 Å². The summed E-state index contributed by atoms with van der Waals surface area (Å²) in [6.07, 6.45) is 5.93. The van der Waals surface area contributed by atoms with Crippen molar-refractivity contribution in [1.29, 1.82) is 0 Å². The lowest BCUT2D eigenvalue weighted by molar-refractivity contribution is 1.14. The molecule has 0 unspecified atom stereocenters. The van der Waals surface area contributed by atoms with Crippen LogP contribution in [0.4, 0.5) is 5.69 Å². The Morgan fingerprint density at radius 3 is 2.79 bits per heavy atom. The van der Waals surface area contributed by atoms with E-state index in [9.17, 15) is 4.79 Å². The fourth-order valence-corrected chi connectivity index (χ4v) is 1.10. The maximum Gasteiger partial charge on any atom is 0.266 e. The number of aromatic nitrogens is 3. The molecule has 0 aliphatic heterocycles. The minimum Gasteiger partial charge on any atom is -0.397 e. The zero-order chi connectivity index (χ0) is 9.97. The third kappa shape index (κ3) is 1.61. The molecule has 0 bridgehead atoms. The Balaban J connectivity index is 2.49. The molecule has 14 heavy (non-hydrogen) atoms. The van der Waals surface area contributed by atoms with Crippen molar-refractivity contribution in [1.82, 2.24) is 15.0 Å². The highest BCUT2D eigenvalue weighted by molar-refractivity contribution is 5.61. The standard InChI is InChI=1S/C9H8N4O/c10-7-1-6(2-11-3-7)8-4-13-9(14)5-12-8/h1-5H,10H2,(H,13,14). The molecule has 0 radical (unpaired) electrons. The first kappa shape index (κ1) is 8.43. The molecule has 0 aliphatic rings. The van der Waals surface area contributed by atoms with Gasteiger partial charge in [-0.1, -0.05) is 0 Å². The second-order valence-corrected chi connectivity index (χ2v) is 2.80. The van der Waals surface area contributed by atoms with Crippen molar-refractivity contribution in [2.24, 2.45) is 0 Å². The summed E-state index contributed by atoms with van der Waals surface area (Å²) < 4.78 is 0. The van der Waals surface area contributed by atoms with Crippen molar-refractivity contribution in [3.05, 3.63) is 41.2 Å². The van der Waals surface area contributed by atoms with E-state index < -0.39 is 0 Å². The Kier molecular flexibility index (Phi) is 1.98. The number of nitrogen functional groups attached to an aromatic ring is 1. The highest BCUT2D eigenvalue weighted by Gasteiger charge is 1.99. The summed E-state index contributed by atoms with van der Waals surface area (Å²) in [5, 5.41) is 0. The maximum absolute atomic E-state index is 10.8. The summed E-state index contributed by atoms with van der Waals surface area (Å²) in [4.78, 5) is 21.2. The van der Waals surface area contributed by atoms with Crippen LogP contribution in [-0.2, 0) is 0 Å². The molecule has 0 aromatic carbocycles. The lowest BCUT2D eigenvalue weighted by Crippen LogP contribution is -2.04. The van der Waals surface area contributed by atoms with E-state index in [2.05, 4.69) is 15.0 Å². The van der Waals surface area contributed by atoms with Crippen LogP contribution < -0.4 is 11.3 Å². The van der Waals surface area contributed by atoms with E-state index in [0.717, 1.165) is 5.56 Å². The van der Waals surface area contributed by atoms with Crippen molar-refractivity contribution in [3.8, 4) is 11.3 Å². The number of H-pyrrole nitrogens is 1. The SMILES string of the molecule is Nc1cncc(-c2c[nH]c(=O)cn2)c1. The van der Waals surface area contributed by atoms with Gasteiger partial charge in [0.25, 0.3) is 5.56 Å². The van der Waals surface area contributed by atoms with Gasteiger partial charge >= 0.3 is 0 Å². The van der Waals surface area contributed by atoms with Crippen LogP contribution in [0.25, 0.3) is 11.3 Å². The summed E-state index contributed by atoms with van der Waals surface area (Å²) in [6.45, 7) is 0. The summed E-state index contributed by atoms with van der Waals surface area (Å²) in [6, 6.07) is 1.74. The van der Waals surface area contributed by atoms with Crippen LogP contribution in [-0.4, -0.2) is 15.0 Å². The first-order valence-electron chi connectivity index (χ1n) is 4.01. The molecule has 0 fully saturated rings. The average Bonchev–Trinajstić information content (AvgIpc) is 2.19. The number of rotatable bonds is 1. The molecular weight excluding hydrogens is 180 g/mol. The number of aromatic amines is 1. The molecule has 0 saturated heterocycles. The molecular formula is C9H8N4O. The van der Waals surface area contributed by atoms with E-state index in [1.165, 1.54) is 12.4 Å². The van der Waals surface area contributed by atoms with Crippen molar-refractivity contribution >= 4 is 5.69 Å². The van der Waals surface area contributed by atoms with Gasteiger partial charge in [0, 0.05) is 24.2 Å². The quantitative estimate of drug-likeness (QED) is 0.679. The molecule has 2 heterocycles. The van der Waals surface area contributed by atoms with Crippen LogP contribution in [0.2, 0.25) is 0 Å². The molecule has 0 amide bonds. The largest absolute Gasteiger partial charge is 0.397 e. The number of hydrogen-bond acceptors (Lipinski definition) is 4. The predicted octanol–water partition coefficient (Wildman–Crippen LogP) is 0.414. The number of nitrogens with zero attached hydrogens (tertiary/aromatic N) is 2. The van der Waals surface area contributed by atoms with E-state index in [1.54, 1.807) is 18.5 Å². The monoisotopic (exact) mass is 188 g/mol. The normalized spacial score (nSPS) is 10.0. The van der Waals surface area contributed by atoms with Crippen molar-refractivity contribution in [2.45, 2.75) is 0 Å². The van der Waals surface area contributed by atoms with Gasteiger partial charge in [0.15, 0.2) is 0 Å². The van der Waals surface area contributed by atoms with E-state index in [0.29, 0.717) is 11.4 Å². The van der Waals surface area contributed by atoms with Gasteiger partial charge < -0.3 is 10.7 Å². The second kappa shape index (κ2) is 3.29. The molecule has 2 aromatic heterocycles. The number of pyridine rings is 1. The molecule has 5 nitrogen and oxygen atoms in total. The fraction of sp³-hybridized carbons (Fsp3) is 0. The number of nitrogens with two attached hydrogens (primary N) is 1. The Labute approximate surface area is 79.6 Å². The van der Waals surface area contributed by atoms with Gasteiger partial charge in [-0.2, -0.15) is 0 Å². The van der Waals surface area contributed by atoms with Crippen LogP contribution in [0.3, 0.4) is 0 Å². The lowest BCUT2D eigenvalue weighted by Gasteiger charge is -1.99. The summed E-state index contributed by atoms with van der Waals surface area (Å²) in [5.74, 6) is 0. The summed E-state index contributed by atoms with van der Waals surface area (Å²) in [7, 11) is 0.